The first-order valence-corrected chi connectivity index (χ1v) is 7.06. The maximum atomic E-state index is 12.4. The minimum absolute atomic E-state index is 0.0796. The molecule has 0 saturated carbocycles. The summed E-state index contributed by atoms with van der Waals surface area (Å²) in [5.41, 5.74) is 1.18. The fraction of sp³-hybridized carbons (Fsp3) is 0.357. The van der Waals surface area contributed by atoms with Crippen molar-refractivity contribution >= 4 is 11.3 Å². The lowest BCUT2D eigenvalue weighted by Gasteiger charge is -2.12. The number of rotatable bonds is 4. The number of nitrogens with zero attached hydrogens (tertiary/aromatic N) is 1. The van der Waals surface area contributed by atoms with E-state index in [0.717, 1.165) is 28.4 Å². The number of nitrogens with one attached hydrogen (secondary N) is 1. The summed E-state index contributed by atoms with van der Waals surface area (Å²) in [4.78, 5) is 4.38. The van der Waals surface area contributed by atoms with Crippen LogP contribution in [-0.2, 0) is 12.7 Å². The Hall–Kier alpha value is -1.40. The van der Waals surface area contributed by atoms with Crippen molar-refractivity contribution in [1.29, 1.82) is 0 Å². The van der Waals surface area contributed by atoms with E-state index in [1.54, 1.807) is 11.3 Å². The van der Waals surface area contributed by atoms with E-state index >= 15 is 0 Å². The molecule has 1 atom stereocenters. The Balaban J connectivity index is 1.94. The lowest BCUT2D eigenvalue weighted by molar-refractivity contribution is -0.137. The number of aromatic nitrogens is 1. The van der Waals surface area contributed by atoms with Gasteiger partial charge in [-0.1, -0.05) is 12.1 Å². The Kier molecular flexibility index (Phi) is 4.45. The van der Waals surface area contributed by atoms with Gasteiger partial charge in [-0.3, -0.25) is 0 Å². The predicted octanol–water partition coefficient (Wildman–Crippen LogP) is 4.32. The van der Waals surface area contributed by atoms with Crippen LogP contribution in [0.2, 0.25) is 0 Å². The van der Waals surface area contributed by atoms with Gasteiger partial charge in [-0.2, -0.15) is 13.2 Å². The number of halogens is 3. The summed E-state index contributed by atoms with van der Waals surface area (Å²) >= 11 is 1.58. The van der Waals surface area contributed by atoms with Crippen LogP contribution < -0.4 is 5.32 Å². The van der Waals surface area contributed by atoms with Crippen molar-refractivity contribution < 1.29 is 13.2 Å². The van der Waals surface area contributed by atoms with Gasteiger partial charge in [0.1, 0.15) is 5.01 Å². The zero-order valence-corrected chi connectivity index (χ0v) is 12.0. The van der Waals surface area contributed by atoms with Gasteiger partial charge in [-0.05, 0) is 31.5 Å². The van der Waals surface area contributed by atoms with Crippen molar-refractivity contribution in [2.45, 2.75) is 32.6 Å². The maximum Gasteiger partial charge on any atom is 0.416 e. The first-order valence-electron chi connectivity index (χ1n) is 6.18. The van der Waals surface area contributed by atoms with Gasteiger partial charge < -0.3 is 5.32 Å². The van der Waals surface area contributed by atoms with Crippen LogP contribution in [0.25, 0.3) is 0 Å². The number of aryl methyl sites for hydroxylation is 1. The zero-order chi connectivity index (χ0) is 14.8. The fourth-order valence-electron chi connectivity index (χ4n) is 1.74. The average Bonchev–Trinajstić information content (AvgIpc) is 2.82. The van der Waals surface area contributed by atoms with Crippen molar-refractivity contribution in [2.75, 3.05) is 0 Å². The molecule has 20 heavy (non-hydrogen) atoms. The third-order valence-corrected chi connectivity index (χ3v) is 4.05. The van der Waals surface area contributed by atoms with E-state index in [0.29, 0.717) is 6.54 Å². The summed E-state index contributed by atoms with van der Waals surface area (Å²) in [6.07, 6.45) is -4.28. The highest BCUT2D eigenvalue weighted by Gasteiger charge is 2.29. The van der Waals surface area contributed by atoms with E-state index < -0.39 is 11.7 Å². The minimum atomic E-state index is -4.28. The molecule has 0 fully saturated rings. The highest BCUT2D eigenvalue weighted by Crippen LogP contribution is 2.29. The monoisotopic (exact) mass is 300 g/mol. The Morgan fingerprint density at radius 3 is 2.40 bits per heavy atom. The summed E-state index contributed by atoms with van der Waals surface area (Å²) in [5, 5.41) is 6.21. The lowest BCUT2D eigenvalue weighted by atomic mass is 10.1. The zero-order valence-electron chi connectivity index (χ0n) is 11.2. The smallest absolute Gasteiger partial charge is 0.304 e. The first kappa shape index (κ1) is 15.0. The molecule has 0 aliphatic rings. The Morgan fingerprint density at radius 1 is 1.25 bits per heavy atom. The lowest BCUT2D eigenvalue weighted by Crippen LogP contribution is -2.18. The second kappa shape index (κ2) is 5.93. The van der Waals surface area contributed by atoms with E-state index in [4.69, 9.17) is 0 Å². The van der Waals surface area contributed by atoms with E-state index in [-0.39, 0.29) is 6.04 Å². The van der Waals surface area contributed by atoms with Gasteiger partial charge in [0.25, 0.3) is 0 Å². The van der Waals surface area contributed by atoms with Crippen LogP contribution in [0.3, 0.4) is 0 Å². The van der Waals surface area contributed by atoms with E-state index in [1.807, 2.05) is 19.2 Å². The molecule has 2 nitrogen and oxygen atoms in total. The molecule has 0 amide bonds. The summed E-state index contributed by atoms with van der Waals surface area (Å²) < 4.78 is 37.3. The summed E-state index contributed by atoms with van der Waals surface area (Å²) in [6, 6.07) is 5.28. The molecule has 2 aromatic rings. The molecule has 1 heterocycles. The molecular weight excluding hydrogens is 285 g/mol. The molecule has 2 rings (SSSR count). The fourth-order valence-corrected chi connectivity index (χ4v) is 2.57. The van der Waals surface area contributed by atoms with Crippen LogP contribution in [-0.4, -0.2) is 4.98 Å². The number of hydrogen-bond acceptors (Lipinski definition) is 3. The van der Waals surface area contributed by atoms with E-state index in [9.17, 15) is 13.2 Å². The molecule has 108 valence electrons. The second-order valence-corrected chi connectivity index (χ2v) is 5.51. The summed E-state index contributed by atoms with van der Waals surface area (Å²) in [6.45, 7) is 4.43. The molecular formula is C14H15F3N2S. The van der Waals surface area contributed by atoms with Crippen LogP contribution >= 0.6 is 11.3 Å². The molecule has 1 aromatic heterocycles. The molecule has 6 heteroatoms. The molecule has 1 N–H and O–H groups in total. The van der Waals surface area contributed by atoms with Crippen LogP contribution in [0, 0.1) is 6.92 Å². The third kappa shape index (κ3) is 3.80. The molecule has 1 aromatic carbocycles. The Labute approximate surface area is 119 Å². The summed E-state index contributed by atoms with van der Waals surface area (Å²) in [5.74, 6) is 0. The van der Waals surface area contributed by atoms with Crippen molar-refractivity contribution in [1.82, 2.24) is 10.3 Å². The van der Waals surface area contributed by atoms with E-state index in [1.165, 1.54) is 12.1 Å². The van der Waals surface area contributed by atoms with Crippen molar-refractivity contribution in [2.24, 2.45) is 0 Å². The van der Waals surface area contributed by atoms with Crippen LogP contribution in [0.1, 0.15) is 34.8 Å². The highest BCUT2D eigenvalue weighted by molar-refractivity contribution is 7.09. The normalized spacial score (nSPS) is 13.4. The van der Waals surface area contributed by atoms with Gasteiger partial charge in [0.2, 0.25) is 0 Å². The summed E-state index contributed by atoms with van der Waals surface area (Å²) in [7, 11) is 0. The maximum absolute atomic E-state index is 12.4. The van der Waals surface area contributed by atoms with Crippen LogP contribution in [0.15, 0.2) is 29.6 Å². The van der Waals surface area contributed by atoms with Gasteiger partial charge >= 0.3 is 6.18 Å². The van der Waals surface area contributed by atoms with Gasteiger partial charge in [0.05, 0.1) is 11.6 Å². The van der Waals surface area contributed by atoms with Gasteiger partial charge in [0.15, 0.2) is 0 Å². The molecule has 0 aliphatic carbocycles. The van der Waals surface area contributed by atoms with E-state index in [2.05, 4.69) is 10.3 Å². The molecule has 0 radical (unpaired) electrons. The predicted molar refractivity (Wildman–Crippen MR) is 73.5 cm³/mol. The van der Waals surface area contributed by atoms with Gasteiger partial charge in [0, 0.05) is 17.6 Å². The second-order valence-electron chi connectivity index (χ2n) is 4.62. The van der Waals surface area contributed by atoms with Crippen molar-refractivity contribution in [3.63, 3.8) is 0 Å². The highest BCUT2D eigenvalue weighted by atomic mass is 32.1. The van der Waals surface area contributed by atoms with Crippen LogP contribution in [0.4, 0.5) is 13.2 Å². The van der Waals surface area contributed by atoms with Gasteiger partial charge in [-0.25, -0.2) is 4.98 Å². The molecule has 0 spiro atoms. The largest absolute Gasteiger partial charge is 0.416 e. The number of hydrogen-bond donors (Lipinski definition) is 1. The molecule has 0 saturated heterocycles. The van der Waals surface area contributed by atoms with Gasteiger partial charge in [-0.15, -0.1) is 11.3 Å². The molecule has 0 aliphatic heterocycles. The number of thiazole rings is 1. The number of benzene rings is 1. The van der Waals surface area contributed by atoms with Crippen molar-refractivity contribution in [3.8, 4) is 0 Å². The Morgan fingerprint density at radius 2 is 1.90 bits per heavy atom. The molecule has 0 bridgehead atoms. The average molecular weight is 300 g/mol. The standard InChI is InChI=1S/C14H15F3N2S/c1-9-8-20-13(19-9)10(2)18-7-11-3-5-12(6-4-11)14(15,16)17/h3-6,8,10,18H,7H2,1-2H3. The SMILES string of the molecule is Cc1csc(C(C)NCc2ccc(C(F)(F)F)cc2)n1. The molecule has 1 unspecified atom stereocenters. The van der Waals surface area contributed by atoms with Crippen LogP contribution in [0.5, 0.6) is 0 Å². The Bertz CT molecular complexity index is 561. The first-order chi connectivity index (χ1) is 9.36. The number of alkyl halides is 3. The third-order valence-electron chi connectivity index (χ3n) is 2.90. The minimum Gasteiger partial charge on any atom is -0.304 e. The topological polar surface area (TPSA) is 24.9 Å². The quantitative estimate of drug-likeness (QED) is 0.909. The van der Waals surface area contributed by atoms with Crippen molar-refractivity contribution in [3.05, 3.63) is 51.5 Å².